The van der Waals surface area contributed by atoms with E-state index in [9.17, 15) is 4.79 Å². The van der Waals surface area contributed by atoms with E-state index in [1.807, 2.05) is 52.0 Å². The SMILES string of the molecule is Cc1cc(CCC(=O)OC(C)(C)C)n(/N=C/c2ccccn2)n1. The minimum absolute atomic E-state index is 0.225. The van der Waals surface area contributed by atoms with E-state index in [0.29, 0.717) is 12.8 Å². The topological polar surface area (TPSA) is 69.4 Å². The second kappa shape index (κ2) is 7.17. The molecule has 0 aliphatic heterocycles. The molecule has 2 aromatic heterocycles. The van der Waals surface area contributed by atoms with Gasteiger partial charge in [-0.05, 0) is 45.9 Å². The van der Waals surface area contributed by atoms with Gasteiger partial charge in [0.25, 0.3) is 0 Å². The average Bonchev–Trinajstić information content (AvgIpc) is 2.82. The fourth-order valence-electron chi connectivity index (χ4n) is 2.00. The molecule has 0 saturated heterocycles. The molecule has 6 heteroatoms. The number of pyridine rings is 1. The summed E-state index contributed by atoms with van der Waals surface area (Å²) in [6.07, 6.45) is 4.17. The van der Waals surface area contributed by atoms with Crippen LogP contribution in [-0.2, 0) is 16.0 Å². The van der Waals surface area contributed by atoms with E-state index in [0.717, 1.165) is 17.1 Å². The number of aromatic nitrogens is 3. The van der Waals surface area contributed by atoms with E-state index in [-0.39, 0.29) is 5.97 Å². The lowest BCUT2D eigenvalue weighted by Gasteiger charge is -2.19. The van der Waals surface area contributed by atoms with Gasteiger partial charge in [-0.2, -0.15) is 15.0 Å². The van der Waals surface area contributed by atoms with Crippen LogP contribution in [0.3, 0.4) is 0 Å². The first kappa shape index (κ1) is 16.9. The first-order valence-corrected chi connectivity index (χ1v) is 7.56. The molecule has 0 bridgehead atoms. The molecule has 2 aromatic rings. The van der Waals surface area contributed by atoms with Gasteiger partial charge in [0.15, 0.2) is 0 Å². The van der Waals surface area contributed by atoms with Crippen molar-refractivity contribution < 1.29 is 9.53 Å². The van der Waals surface area contributed by atoms with E-state index in [1.54, 1.807) is 12.4 Å². The van der Waals surface area contributed by atoms with Crippen molar-refractivity contribution in [1.82, 2.24) is 14.9 Å². The molecule has 0 unspecified atom stereocenters. The number of carbonyl (C=O) groups excluding carboxylic acids is 1. The molecule has 0 fully saturated rings. The number of esters is 1. The van der Waals surface area contributed by atoms with Crippen molar-refractivity contribution in [2.45, 2.75) is 46.1 Å². The molecule has 0 aromatic carbocycles. The fraction of sp³-hybridized carbons (Fsp3) is 0.412. The van der Waals surface area contributed by atoms with Crippen LogP contribution < -0.4 is 0 Å². The Morgan fingerprint density at radius 1 is 1.39 bits per heavy atom. The van der Waals surface area contributed by atoms with E-state index in [1.165, 1.54) is 4.79 Å². The Labute approximate surface area is 136 Å². The first-order valence-electron chi connectivity index (χ1n) is 7.56. The Kier molecular flexibility index (Phi) is 5.26. The number of carbonyl (C=O) groups is 1. The third-order valence-corrected chi connectivity index (χ3v) is 2.88. The molecule has 0 radical (unpaired) electrons. The first-order chi connectivity index (χ1) is 10.8. The zero-order valence-corrected chi connectivity index (χ0v) is 14.0. The molecule has 0 N–H and O–H groups in total. The van der Waals surface area contributed by atoms with Crippen LogP contribution in [0.5, 0.6) is 0 Å². The van der Waals surface area contributed by atoms with Gasteiger partial charge in [-0.3, -0.25) is 9.78 Å². The highest BCUT2D eigenvalue weighted by Gasteiger charge is 2.17. The van der Waals surface area contributed by atoms with Crippen LogP contribution >= 0.6 is 0 Å². The molecule has 23 heavy (non-hydrogen) atoms. The summed E-state index contributed by atoms with van der Waals surface area (Å²) in [4.78, 5) is 17.5. The summed E-state index contributed by atoms with van der Waals surface area (Å²) in [6, 6.07) is 7.52. The van der Waals surface area contributed by atoms with Crippen molar-refractivity contribution in [3.05, 3.63) is 47.5 Å². The van der Waals surface area contributed by atoms with E-state index >= 15 is 0 Å². The maximum absolute atomic E-state index is 11.8. The van der Waals surface area contributed by atoms with Crippen LogP contribution in [0.1, 0.15) is 44.3 Å². The monoisotopic (exact) mass is 314 g/mol. The van der Waals surface area contributed by atoms with Crippen LogP contribution in [0.4, 0.5) is 0 Å². The summed E-state index contributed by atoms with van der Waals surface area (Å²) in [5, 5.41) is 8.63. The van der Waals surface area contributed by atoms with Gasteiger partial charge < -0.3 is 4.74 Å². The lowest BCUT2D eigenvalue weighted by Crippen LogP contribution is -2.24. The maximum atomic E-state index is 11.8. The molecule has 0 amide bonds. The Morgan fingerprint density at radius 3 is 2.83 bits per heavy atom. The average molecular weight is 314 g/mol. The van der Waals surface area contributed by atoms with Gasteiger partial charge in [-0.15, -0.1) is 0 Å². The number of hydrogen-bond donors (Lipinski definition) is 0. The normalized spacial score (nSPS) is 11.8. The molecule has 0 atom stereocenters. The van der Waals surface area contributed by atoms with Crippen LogP contribution in [0, 0.1) is 6.92 Å². The predicted molar refractivity (Wildman–Crippen MR) is 88.4 cm³/mol. The molecule has 6 nitrogen and oxygen atoms in total. The third-order valence-electron chi connectivity index (χ3n) is 2.88. The Balaban J connectivity index is 2.03. The second-order valence-electron chi connectivity index (χ2n) is 6.25. The number of aryl methyl sites for hydroxylation is 2. The summed E-state index contributed by atoms with van der Waals surface area (Å²) in [6.45, 7) is 7.47. The van der Waals surface area contributed by atoms with Gasteiger partial charge in [0, 0.05) is 12.6 Å². The number of hydrogen-bond acceptors (Lipinski definition) is 5. The zero-order chi connectivity index (χ0) is 16.9. The third kappa shape index (κ3) is 5.65. The van der Waals surface area contributed by atoms with Gasteiger partial charge >= 0.3 is 5.97 Å². The smallest absolute Gasteiger partial charge is 0.306 e. The number of ether oxygens (including phenoxy) is 1. The molecule has 2 heterocycles. The molecule has 0 aliphatic carbocycles. The highest BCUT2D eigenvalue weighted by molar-refractivity contribution is 5.76. The van der Waals surface area contributed by atoms with E-state index < -0.39 is 5.60 Å². The summed E-state index contributed by atoms with van der Waals surface area (Å²) in [7, 11) is 0. The van der Waals surface area contributed by atoms with Crippen molar-refractivity contribution >= 4 is 12.2 Å². The van der Waals surface area contributed by atoms with Crippen molar-refractivity contribution in [2.75, 3.05) is 0 Å². The van der Waals surface area contributed by atoms with E-state index in [2.05, 4.69) is 15.2 Å². The predicted octanol–water partition coefficient (Wildman–Crippen LogP) is 2.74. The van der Waals surface area contributed by atoms with Gasteiger partial charge in [-0.1, -0.05) is 6.07 Å². The highest BCUT2D eigenvalue weighted by Crippen LogP contribution is 2.11. The molecular formula is C17H22N4O2. The van der Waals surface area contributed by atoms with Crippen LogP contribution in [0.25, 0.3) is 0 Å². The number of rotatable bonds is 5. The molecule has 0 spiro atoms. The Hall–Kier alpha value is -2.50. The highest BCUT2D eigenvalue weighted by atomic mass is 16.6. The van der Waals surface area contributed by atoms with Gasteiger partial charge in [0.05, 0.1) is 29.7 Å². The molecule has 2 rings (SSSR count). The zero-order valence-electron chi connectivity index (χ0n) is 14.0. The number of nitrogens with zero attached hydrogens (tertiary/aromatic N) is 4. The van der Waals surface area contributed by atoms with Gasteiger partial charge in [-0.25, -0.2) is 0 Å². The summed E-state index contributed by atoms with van der Waals surface area (Å²) >= 11 is 0. The lowest BCUT2D eigenvalue weighted by molar-refractivity contribution is -0.154. The van der Waals surface area contributed by atoms with Crippen molar-refractivity contribution in [2.24, 2.45) is 5.10 Å². The van der Waals surface area contributed by atoms with Crippen molar-refractivity contribution in [1.29, 1.82) is 0 Å². The largest absolute Gasteiger partial charge is 0.460 e. The summed E-state index contributed by atoms with van der Waals surface area (Å²) < 4.78 is 5.32. The molecule has 0 saturated carbocycles. The fourth-order valence-corrected chi connectivity index (χ4v) is 2.00. The van der Waals surface area contributed by atoms with Crippen molar-refractivity contribution in [3.63, 3.8) is 0 Å². The maximum Gasteiger partial charge on any atom is 0.306 e. The summed E-state index contributed by atoms with van der Waals surface area (Å²) in [5.74, 6) is -0.225. The minimum atomic E-state index is -0.468. The van der Waals surface area contributed by atoms with Gasteiger partial charge in [0.1, 0.15) is 5.60 Å². The quantitative estimate of drug-likeness (QED) is 0.628. The van der Waals surface area contributed by atoms with Crippen LogP contribution in [0.2, 0.25) is 0 Å². The van der Waals surface area contributed by atoms with Crippen LogP contribution in [0.15, 0.2) is 35.6 Å². The Bertz CT molecular complexity index is 684. The molecule has 122 valence electrons. The van der Waals surface area contributed by atoms with E-state index in [4.69, 9.17) is 4.74 Å². The minimum Gasteiger partial charge on any atom is -0.460 e. The Morgan fingerprint density at radius 2 is 2.17 bits per heavy atom. The summed E-state index contributed by atoms with van der Waals surface area (Å²) in [5.41, 5.74) is 1.99. The molecule has 0 aliphatic rings. The van der Waals surface area contributed by atoms with Gasteiger partial charge in [0.2, 0.25) is 0 Å². The standard InChI is InChI=1S/C17H22N4O2/c1-13-11-15(8-9-16(22)23-17(2,3)4)21(20-13)19-12-14-7-5-6-10-18-14/h5-7,10-12H,8-9H2,1-4H3/b19-12+. The van der Waals surface area contributed by atoms with Crippen LogP contribution in [-0.4, -0.2) is 32.7 Å². The second-order valence-corrected chi connectivity index (χ2v) is 6.25. The van der Waals surface area contributed by atoms with Crippen molar-refractivity contribution in [3.8, 4) is 0 Å². The lowest BCUT2D eigenvalue weighted by atomic mass is 10.2. The molecular weight excluding hydrogens is 292 g/mol.